The number of benzene rings is 1. The summed E-state index contributed by atoms with van der Waals surface area (Å²) in [4.78, 5) is 15.0. The van der Waals surface area contributed by atoms with Crippen LogP contribution in [0.5, 0.6) is 0 Å². The van der Waals surface area contributed by atoms with Crippen LogP contribution in [0, 0.1) is 19.7 Å². The Bertz CT molecular complexity index is 1190. The third kappa shape index (κ3) is 3.78. The molecule has 1 fully saturated rings. The Balaban J connectivity index is 1.50. The molecule has 30 heavy (non-hydrogen) atoms. The molecular formula is C19H20ClFN6O2S. The van der Waals surface area contributed by atoms with Crippen LogP contribution in [0.3, 0.4) is 0 Å². The molecular weight excluding hydrogens is 431 g/mol. The summed E-state index contributed by atoms with van der Waals surface area (Å²) in [6, 6.07) is 5.30. The fourth-order valence-electron chi connectivity index (χ4n) is 3.32. The number of rotatable bonds is 4. The summed E-state index contributed by atoms with van der Waals surface area (Å²) in [5.41, 5.74) is 1.92. The lowest BCUT2D eigenvalue weighted by Gasteiger charge is -2.34. The van der Waals surface area contributed by atoms with Gasteiger partial charge in [0.2, 0.25) is 10.0 Å². The van der Waals surface area contributed by atoms with Crippen molar-refractivity contribution in [2.75, 3.05) is 31.1 Å². The van der Waals surface area contributed by atoms with Crippen molar-refractivity contribution in [1.82, 2.24) is 23.8 Å². The van der Waals surface area contributed by atoms with Gasteiger partial charge >= 0.3 is 0 Å². The second-order valence-corrected chi connectivity index (χ2v) is 9.33. The highest BCUT2D eigenvalue weighted by atomic mass is 35.5. The van der Waals surface area contributed by atoms with Crippen molar-refractivity contribution < 1.29 is 12.8 Å². The largest absolute Gasteiger partial charge is 0.354 e. The van der Waals surface area contributed by atoms with Gasteiger partial charge in [-0.05, 0) is 32.0 Å². The number of sulfonamides is 1. The summed E-state index contributed by atoms with van der Waals surface area (Å²) >= 11 is 5.75. The lowest BCUT2D eigenvalue weighted by molar-refractivity contribution is 0.383. The number of hydrogen-bond acceptors (Lipinski definition) is 6. The van der Waals surface area contributed by atoms with Gasteiger partial charge in [-0.25, -0.2) is 27.8 Å². The minimum atomic E-state index is -3.75. The molecule has 1 saturated heterocycles. The molecule has 0 bridgehead atoms. The van der Waals surface area contributed by atoms with Crippen LogP contribution in [0.25, 0.3) is 5.82 Å². The second-order valence-electron chi connectivity index (χ2n) is 6.99. The van der Waals surface area contributed by atoms with Gasteiger partial charge in [0.15, 0.2) is 0 Å². The van der Waals surface area contributed by atoms with Gasteiger partial charge in [-0.2, -0.15) is 4.31 Å². The van der Waals surface area contributed by atoms with Crippen molar-refractivity contribution in [3.63, 3.8) is 0 Å². The van der Waals surface area contributed by atoms with Gasteiger partial charge in [-0.15, -0.1) is 0 Å². The zero-order valence-corrected chi connectivity index (χ0v) is 18.0. The molecule has 0 N–H and O–H groups in total. The van der Waals surface area contributed by atoms with E-state index in [9.17, 15) is 12.8 Å². The quantitative estimate of drug-likeness (QED) is 0.607. The van der Waals surface area contributed by atoms with E-state index in [2.05, 4.69) is 15.0 Å². The molecule has 0 saturated carbocycles. The number of anilines is 1. The maximum absolute atomic E-state index is 13.4. The van der Waals surface area contributed by atoms with Crippen molar-refractivity contribution >= 4 is 27.4 Å². The summed E-state index contributed by atoms with van der Waals surface area (Å²) in [6.07, 6.45) is 3.21. The Morgan fingerprint density at radius 3 is 2.33 bits per heavy atom. The third-order valence-electron chi connectivity index (χ3n) is 5.23. The maximum atomic E-state index is 13.4. The van der Waals surface area contributed by atoms with Crippen molar-refractivity contribution in [3.05, 3.63) is 59.1 Å². The van der Waals surface area contributed by atoms with Gasteiger partial charge in [0.25, 0.3) is 0 Å². The second kappa shape index (κ2) is 7.93. The predicted octanol–water partition coefficient (Wildman–Crippen LogP) is 2.58. The summed E-state index contributed by atoms with van der Waals surface area (Å²) in [5.74, 6) is 0.769. The van der Waals surface area contributed by atoms with Crippen LogP contribution in [0.1, 0.15) is 11.4 Å². The van der Waals surface area contributed by atoms with E-state index in [4.69, 9.17) is 11.6 Å². The number of nitrogens with zero attached hydrogens (tertiary/aromatic N) is 6. The summed E-state index contributed by atoms with van der Waals surface area (Å²) in [6.45, 7) is 5.39. The molecule has 0 amide bonds. The molecule has 0 unspecified atom stereocenters. The molecule has 3 aromatic rings. The minimum Gasteiger partial charge on any atom is -0.354 e. The first-order chi connectivity index (χ1) is 14.3. The number of halogens is 2. The van der Waals surface area contributed by atoms with E-state index >= 15 is 0 Å². The Morgan fingerprint density at radius 2 is 1.70 bits per heavy atom. The van der Waals surface area contributed by atoms with Crippen molar-refractivity contribution in [3.8, 4) is 5.82 Å². The molecule has 0 spiro atoms. The number of imidazole rings is 1. The van der Waals surface area contributed by atoms with E-state index in [-0.39, 0.29) is 23.0 Å². The smallest absolute Gasteiger partial charge is 0.243 e. The van der Waals surface area contributed by atoms with Gasteiger partial charge in [0.1, 0.15) is 30.1 Å². The molecule has 1 aliphatic heterocycles. The standard InChI is InChI=1S/C19H20ClFN6O2S/c1-13-14(2)27(12-24-13)19-10-18(22-11-23-19)25-5-7-26(8-6-25)30(28,29)15-3-4-17(21)16(20)9-15/h3-4,9-12H,5-8H2,1-2H3. The first kappa shape index (κ1) is 20.7. The van der Waals surface area contributed by atoms with Crippen LogP contribution in [0.15, 0.2) is 41.8 Å². The number of hydrogen-bond donors (Lipinski definition) is 0. The zero-order valence-electron chi connectivity index (χ0n) is 16.5. The van der Waals surface area contributed by atoms with Crippen LogP contribution in [-0.2, 0) is 10.0 Å². The van der Waals surface area contributed by atoms with Crippen molar-refractivity contribution in [1.29, 1.82) is 0 Å². The molecule has 3 heterocycles. The molecule has 1 aromatic carbocycles. The Kier molecular flexibility index (Phi) is 5.48. The van der Waals surface area contributed by atoms with Crippen LogP contribution in [0.2, 0.25) is 5.02 Å². The highest BCUT2D eigenvalue weighted by Crippen LogP contribution is 2.24. The molecule has 0 aliphatic carbocycles. The predicted molar refractivity (Wildman–Crippen MR) is 111 cm³/mol. The molecule has 2 aromatic heterocycles. The fourth-order valence-corrected chi connectivity index (χ4v) is 5.01. The molecule has 1 aliphatic rings. The van der Waals surface area contributed by atoms with Crippen LogP contribution < -0.4 is 4.90 Å². The molecule has 158 valence electrons. The van der Waals surface area contributed by atoms with E-state index in [0.717, 1.165) is 23.5 Å². The lowest BCUT2D eigenvalue weighted by atomic mass is 10.3. The van der Waals surface area contributed by atoms with Gasteiger partial charge < -0.3 is 4.90 Å². The van der Waals surface area contributed by atoms with E-state index in [1.807, 2.05) is 29.4 Å². The van der Waals surface area contributed by atoms with E-state index < -0.39 is 15.8 Å². The van der Waals surface area contributed by atoms with Crippen LogP contribution >= 0.6 is 11.6 Å². The van der Waals surface area contributed by atoms with Crippen molar-refractivity contribution in [2.24, 2.45) is 0 Å². The maximum Gasteiger partial charge on any atom is 0.243 e. The first-order valence-electron chi connectivity index (χ1n) is 9.30. The average molecular weight is 451 g/mol. The van der Waals surface area contributed by atoms with Crippen molar-refractivity contribution in [2.45, 2.75) is 18.7 Å². The number of aromatic nitrogens is 4. The fraction of sp³-hybridized carbons (Fsp3) is 0.316. The van der Waals surface area contributed by atoms with E-state index in [1.165, 1.54) is 16.7 Å². The molecule has 0 atom stereocenters. The molecule has 8 nitrogen and oxygen atoms in total. The van der Waals surface area contributed by atoms with Crippen LogP contribution in [0.4, 0.5) is 10.2 Å². The minimum absolute atomic E-state index is 0.0161. The summed E-state index contributed by atoms with van der Waals surface area (Å²) in [5, 5.41) is -0.215. The Morgan fingerprint density at radius 1 is 1.00 bits per heavy atom. The summed E-state index contributed by atoms with van der Waals surface area (Å²) in [7, 11) is -3.75. The van der Waals surface area contributed by atoms with E-state index in [0.29, 0.717) is 24.7 Å². The SMILES string of the molecule is Cc1ncn(-c2cc(N3CCN(S(=O)(=O)c4ccc(F)c(Cl)c4)CC3)ncn2)c1C. The summed E-state index contributed by atoms with van der Waals surface area (Å²) < 4.78 is 42.4. The lowest BCUT2D eigenvalue weighted by Crippen LogP contribution is -2.49. The number of aryl methyl sites for hydroxylation is 1. The van der Waals surface area contributed by atoms with Gasteiger partial charge in [0, 0.05) is 37.9 Å². The highest BCUT2D eigenvalue weighted by molar-refractivity contribution is 7.89. The highest BCUT2D eigenvalue weighted by Gasteiger charge is 2.29. The topological polar surface area (TPSA) is 84.2 Å². The molecule has 4 rings (SSSR count). The van der Waals surface area contributed by atoms with E-state index in [1.54, 1.807) is 6.33 Å². The normalized spacial score (nSPS) is 15.5. The zero-order chi connectivity index (χ0) is 21.5. The first-order valence-corrected chi connectivity index (χ1v) is 11.1. The Labute approximate surface area is 179 Å². The van der Waals surface area contributed by atoms with Crippen LogP contribution in [-0.4, -0.2) is 58.4 Å². The average Bonchev–Trinajstić information content (AvgIpc) is 3.08. The number of piperazine rings is 1. The van der Waals surface area contributed by atoms with Gasteiger partial charge in [0.05, 0.1) is 15.6 Å². The molecule has 11 heteroatoms. The Hall–Kier alpha value is -2.56. The molecule has 0 radical (unpaired) electrons. The van der Waals surface area contributed by atoms with Gasteiger partial charge in [-0.3, -0.25) is 4.57 Å². The third-order valence-corrected chi connectivity index (χ3v) is 7.41. The van der Waals surface area contributed by atoms with Gasteiger partial charge in [-0.1, -0.05) is 11.6 Å². The monoisotopic (exact) mass is 450 g/mol.